The number of carbonyl (C=O) groups excluding carboxylic acids is 2. The Bertz CT molecular complexity index is 851. The number of rotatable bonds is 7. The van der Waals surface area contributed by atoms with Gasteiger partial charge in [0.2, 0.25) is 5.91 Å². The first-order valence-electron chi connectivity index (χ1n) is 9.85. The van der Waals surface area contributed by atoms with Gasteiger partial charge in [-0.25, -0.2) is 8.78 Å². The van der Waals surface area contributed by atoms with Gasteiger partial charge in [0.05, 0.1) is 6.04 Å². The Morgan fingerprint density at radius 1 is 0.967 bits per heavy atom. The Kier molecular flexibility index (Phi) is 7.35. The van der Waals surface area contributed by atoms with Crippen LogP contribution in [0.25, 0.3) is 0 Å². The lowest BCUT2D eigenvalue weighted by molar-refractivity contribution is -0.136. The molecule has 0 aliphatic carbocycles. The van der Waals surface area contributed by atoms with Crippen LogP contribution in [-0.4, -0.2) is 60.4 Å². The van der Waals surface area contributed by atoms with Crippen LogP contribution in [0.1, 0.15) is 12.5 Å². The summed E-state index contributed by atoms with van der Waals surface area (Å²) >= 11 is 0. The monoisotopic (exact) mass is 417 g/mol. The minimum absolute atomic E-state index is 0.112. The highest BCUT2D eigenvalue weighted by Crippen LogP contribution is 2.12. The first kappa shape index (κ1) is 21.7. The van der Waals surface area contributed by atoms with Crippen LogP contribution < -0.4 is 10.1 Å². The van der Waals surface area contributed by atoms with Crippen LogP contribution in [0.5, 0.6) is 5.75 Å². The minimum atomic E-state index is -0.361. The van der Waals surface area contributed by atoms with Gasteiger partial charge in [-0.05, 0) is 48.9 Å². The molecule has 30 heavy (non-hydrogen) atoms. The molecular weight excluding hydrogens is 392 g/mol. The van der Waals surface area contributed by atoms with Gasteiger partial charge in [0.15, 0.2) is 6.61 Å². The van der Waals surface area contributed by atoms with Crippen LogP contribution in [-0.2, 0) is 16.1 Å². The summed E-state index contributed by atoms with van der Waals surface area (Å²) in [5.74, 6) is -0.490. The van der Waals surface area contributed by atoms with Crippen molar-refractivity contribution in [2.75, 3.05) is 32.8 Å². The molecule has 1 aliphatic rings. The van der Waals surface area contributed by atoms with Crippen LogP contribution in [0.15, 0.2) is 48.5 Å². The predicted molar refractivity (Wildman–Crippen MR) is 108 cm³/mol. The number of nitrogens with one attached hydrogen (secondary N) is 1. The number of nitrogens with zero attached hydrogens (tertiary/aromatic N) is 2. The average Bonchev–Trinajstić information content (AvgIpc) is 2.77. The lowest BCUT2D eigenvalue weighted by Crippen LogP contribution is -2.55. The van der Waals surface area contributed by atoms with E-state index in [2.05, 4.69) is 5.32 Å². The van der Waals surface area contributed by atoms with Gasteiger partial charge in [-0.15, -0.1) is 0 Å². The molecule has 1 atom stereocenters. The highest BCUT2D eigenvalue weighted by atomic mass is 19.1. The Labute approximate surface area is 174 Å². The lowest BCUT2D eigenvalue weighted by Gasteiger charge is -2.37. The third kappa shape index (κ3) is 6.00. The quantitative estimate of drug-likeness (QED) is 0.750. The molecule has 0 aromatic heterocycles. The van der Waals surface area contributed by atoms with E-state index in [1.807, 2.05) is 11.8 Å². The molecule has 1 fully saturated rings. The molecular formula is C22H25F2N3O3. The predicted octanol–water partition coefficient (Wildman–Crippen LogP) is 2.19. The number of hydrogen-bond acceptors (Lipinski definition) is 4. The largest absolute Gasteiger partial charge is 0.484 e. The van der Waals surface area contributed by atoms with Gasteiger partial charge >= 0.3 is 0 Å². The SMILES string of the molecule is CC(C(=O)NCc1ccc(F)cc1)N1CCN(C(=O)COc2ccc(F)cc2)CC1. The highest BCUT2D eigenvalue weighted by Gasteiger charge is 2.27. The third-order valence-electron chi connectivity index (χ3n) is 5.15. The normalized spacial score (nSPS) is 15.5. The van der Waals surface area contributed by atoms with Crippen molar-refractivity contribution in [2.45, 2.75) is 19.5 Å². The van der Waals surface area contributed by atoms with Gasteiger partial charge in [-0.2, -0.15) is 0 Å². The summed E-state index contributed by atoms with van der Waals surface area (Å²) < 4.78 is 31.3. The molecule has 1 aliphatic heterocycles. The molecule has 1 N–H and O–H groups in total. The molecule has 8 heteroatoms. The molecule has 0 saturated carbocycles. The first-order chi connectivity index (χ1) is 14.4. The smallest absolute Gasteiger partial charge is 0.260 e. The van der Waals surface area contributed by atoms with Gasteiger partial charge < -0.3 is 15.0 Å². The number of piperazine rings is 1. The third-order valence-corrected chi connectivity index (χ3v) is 5.15. The number of hydrogen-bond donors (Lipinski definition) is 1. The first-order valence-corrected chi connectivity index (χ1v) is 9.85. The molecule has 0 bridgehead atoms. The molecule has 160 valence electrons. The maximum atomic E-state index is 13.0. The van der Waals surface area contributed by atoms with E-state index in [0.717, 1.165) is 5.56 Å². The molecule has 0 spiro atoms. The second-order valence-electron chi connectivity index (χ2n) is 7.18. The minimum Gasteiger partial charge on any atom is -0.484 e. The zero-order valence-electron chi connectivity index (χ0n) is 16.8. The van der Waals surface area contributed by atoms with E-state index in [1.54, 1.807) is 17.0 Å². The maximum Gasteiger partial charge on any atom is 0.260 e. The molecule has 2 aromatic rings. The Morgan fingerprint density at radius 3 is 2.13 bits per heavy atom. The number of halogens is 2. The van der Waals surface area contributed by atoms with E-state index in [4.69, 9.17) is 4.74 Å². The second kappa shape index (κ2) is 10.2. The summed E-state index contributed by atoms with van der Waals surface area (Å²) in [6, 6.07) is 11.2. The molecule has 2 amide bonds. The molecule has 6 nitrogen and oxygen atoms in total. The van der Waals surface area contributed by atoms with Crippen molar-refractivity contribution in [3.8, 4) is 5.75 Å². The van der Waals surface area contributed by atoms with E-state index in [0.29, 0.717) is 38.5 Å². The van der Waals surface area contributed by atoms with Gasteiger partial charge in [-0.1, -0.05) is 12.1 Å². The summed E-state index contributed by atoms with van der Waals surface area (Å²) in [5.41, 5.74) is 0.827. The fourth-order valence-electron chi connectivity index (χ4n) is 3.23. The van der Waals surface area contributed by atoms with Gasteiger partial charge in [0.25, 0.3) is 5.91 Å². The van der Waals surface area contributed by atoms with Crippen LogP contribution in [0.4, 0.5) is 8.78 Å². The van der Waals surface area contributed by atoms with Crippen LogP contribution in [0, 0.1) is 11.6 Å². The van der Waals surface area contributed by atoms with Gasteiger partial charge in [0, 0.05) is 32.7 Å². The zero-order valence-corrected chi connectivity index (χ0v) is 16.8. The average molecular weight is 417 g/mol. The number of benzene rings is 2. The Balaban J connectivity index is 1.40. The van der Waals surface area contributed by atoms with E-state index in [1.165, 1.54) is 36.4 Å². The number of amides is 2. The van der Waals surface area contributed by atoms with Crippen molar-refractivity contribution in [2.24, 2.45) is 0 Å². The zero-order chi connectivity index (χ0) is 21.5. The highest BCUT2D eigenvalue weighted by molar-refractivity contribution is 5.81. The lowest BCUT2D eigenvalue weighted by atomic mass is 10.2. The Morgan fingerprint density at radius 2 is 1.53 bits per heavy atom. The molecule has 0 radical (unpaired) electrons. The molecule has 1 saturated heterocycles. The maximum absolute atomic E-state index is 13.0. The van der Waals surface area contributed by atoms with Crippen molar-refractivity contribution in [1.82, 2.24) is 15.1 Å². The van der Waals surface area contributed by atoms with Crippen molar-refractivity contribution in [3.63, 3.8) is 0 Å². The summed E-state index contributed by atoms with van der Waals surface area (Å²) in [6.07, 6.45) is 0. The van der Waals surface area contributed by atoms with Crippen LogP contribution in [0.3, 0.4) is 0 Å². The van der Waals surface area contributed by atoms with Crippen LogP contribution >= 0.6 is 0 Å². The number of carbonyl (C=O) groups is 2. The van der Waals surface area contributed by atoms with Gasteiger partial charge in [-0.3, -0.25) is 14.5 Å². The fraction of sp³-hybridized carbons (Fsp3) is 0.364. The van der Waals surface area contributed by atoms with Gasteiger partial charge in [0.1, 0.15) is 17.4 Å². The van der Waals surface area contributed by atoms with Crippen molar-refractivity contribution in [3.05, 3.63) is 65.7 Å². The summed E-state index contributed by atoms with van der Waals surface area (Å²) in [7, 11) is 0. The van der Waals surface area contributed by atoms with Crippen molar-refractivity contribution >= 4 is 11.8 Å². The van der Waals surface area contributed by atoms with Crippen molar-refractivity contribution < 1.29 is 23.1 Å². The van der Waals surface area contributed by atoms with Crippen LogP contribution in [0.2, 0.25) is 0 Å². The molecule has 3 rings (SSSR count). The Hall–Kier alpha value is -3.00. The second-order valence-corrected chi connectivity index (χ2v) is 7.18. The van der Waals surface area contributed by atoms with E-state index in [9.17, 15) is 18.4 Å². The summed E-state index contributed by atoms with van der Waals surface area (Å²) in [4.78, 5) is 28.5. The molecule has 1 unspecified atom stereocenters. The summed E-state index contributed by atoms with van der Waals surface area (Å²) in [6.45, 7) is 4.21. The van der Waals surface area contributed by atoms with E-state index < -0.39 is 0 Å². The topological polar surface area (TPSA) is 61.9 Å². The summed E-state index contributed by atoms with van der Waals surface area (Å²) in [5, 5.41) is 2.86. The fourth-order valence-corrected chi connectivity index (χ4v) is 3.23. The number of ether oxygens (including phenoxy) is 1. The molecule has 2 aromatic carbocycles. The standard InChI is InChI=1S/C22H25F2N3O3/c1-16(22(29)25-14-17-2-4-18(23)5-3-17)26-10-12-27(13-11-26)21(28)15-30-20-8-6-19(24)7-9-20/h2-9,16H,10-15H2,1H3,(H,25,29). The van der Waals surface area contributed by atoms with E-state index in [-0.39, 0.29) is 36.1 Å². The van der Waals surface area contributed by atoms with Crippen molar-refractivity contribution in [1.29, 1.82) is 0 Å². The van der Waals surface area contributed by atoms with E-state index >= 15 is 0 Å². The molecule has 1 heterocycles.